The van der Waals surface area contributed by atoms with E-state index in [-0.39, 0.29) is 12.0 Å². The molecule has 6 heteroatoms. The summed E-state index contributed by atoms with van der Waals surface area (Å²) in [6, 6.07) is 22.7. The molecule has 1 aliphatic carbocycles. The molecule has 0 saturated carbocycles. The van der Waals surface area contributed by atoms with Crippen molar-refractivity contribution in [1.29, 1.82) is 0 Å². The molecule has 0 aliphatic heterocycles. The number of pyridine rings is 1. The lowest BCUT2D eigenvalue weighted by Gasteiger charge is -2.14. The molecular formula is C24H21N3O2S. The molecule has 0 spiro atoms. The lowest BCUT2D eigenvalue weighted by molar-refractivity contribution is 0.143. The monoisotopic (exact) mass is 415 g/mol. The van der Waals surface area contributed by atoms with Gasteiger partial charge < -0.3 is 10.1 Å². The van der Waals surface area contributed by atoms with E-state index in [9.17, 15) is 4.79 Å². The van der Waals surface area contributed by atoms with Crippen LogP contribution in [0.25, 0.3) is 16.8 Å². The van der Waals surface area contributed by atoms with Gasteiger partial charge in [0.1, 0.15) is 12.3 Å². The maximum atomic E-state index is 12.2. The highest BCUT2D eigenvalue weighted by molar-refractivity contribution is 7.99. The third-order valence-corrected chi connectivity index (χ3v) is 6.39. The SMILES string of the molecule is O=C(NCCSc1cccc2nccn12)OCC1c2ccccc2-c2ccccc21. The molecule has 0 unspecified atom stereocenters. The molecule has 2 aromatic carbocycles. The summed E-state index contributed by atoms with van der Waals surface area (Å²) in [5.41, 5.74) is 5.81. The predicted molar refractivity (Wildman–Crippen MR) is 119 cm³/mol. The minimum absolute atomic E-state index is 0.0800. The Balaban J connectivity index is 1.15. The van der Waals surface area contributed by atoms with E-state index in [4.69, 9.17) is 4.74 Å². The number of rotatable bonds is 6. The highest BCUT2D eigenvalue weighted by Crippen LogP contribution is 2.44. The Kier molecular flexibility index (Phi) is 5.15. The van der Waals surface area contributed by atoms with E-state index in [1.54, 1.807) is 18.0 Å². The minimum atomic E-state index is -0.377. The summed E-state index contributed by atoms with van der Waals surface area (Å²) in [5, 5.41) is 3.96. The Hall–Kier alpha value is -3.25. The molecule has 1 aliphatic rings. The zero-order chi connectivity index (χ0) is 20.3. The topological polar surface area (TPSA) is 55.6 Å². The zero-order valence-electron chi connectivity index (χ0n) is 16.3. The van der Waals surface area contributed by atoms with Crippen LogP contribution in [-0.2, 0) is 4.74 Å². The van der Waals surface area contributed by atoms with Crippen LogP contribution in [-0.4, -0.2) is 34.4 Å². The number of hydrogen-bond donors (Lipinski definition) is 1. The minimum Gasteiger partial charge on any atom is -0.449 e. The third kappa shape index (κ3) is 3.55. The number of benzene rings is 2. The Morgan fingerprint density at radius 1 is 1.00 bits per heavy atom. The average molecular weight is 416 g/mol. The van der Waals surface area contributed by atoms with Crippen molar-refractivity contribution in [2.75, 3.05) is 18.9 Å². The van der Waals surface area contributed by atoms with Gasteiger partial charge in [0.25, 0.3) is 0 Å². The molecule has 2 aromatic heterocycles. The number of thioether (sulfide) groups is 1. The number of amides is 1. The quantitative estimate of drug-likeness (QED) is 0.357. The Morgan fingerprint density at radius 2 is 1.73 bits per heavy atom. The van der Waals surface area contributed by atoms with Gasteiger partial charge in [-0.25, -0.2) is 9.78 Å². The van der Waals surface area contributed by atoms with E-state index >= 15 is 0 Å². The molecule has 4 aromatic rings. The fourth-order valence-corrected chi connectivity index (χ4v) is 4.88. The Morgan fingerprint density at radius 3 is 2.50 bits per heavy atom. The molecule has 150 valence electrons. The molecule has 0 radical (unpaired) electrons. The number of carbonyl (C=O) groups is 1. The second-order valence-corrected chi connectivity index (χ2v) is 8.24. The number of fused-ring (bicyclic) bond motifs is 4. The summed E-state index contributed by atoms with van der Waals surface area (Å²) >= 11 is 1.67. The maximum Gasteiger partial charge on any atom is 0.407 e. The van der Waals surface area contributed by atoms with Gasteiger partial charge in [0.2, 0.25) is 0 Å². The van der Waals surface area contributed by atoms with Crippen molar-refractivity contribution in [3.05, 3.63) is 90.3 Å². The second kappa shape index (κ2) is 8.24. The largest absolute Gasteiger partial charge is 0.449 e. The number of nitrogens with one attached hydrogen (secondary N) is 1. The Bertz CT molecular complexity index is 1160. The van der Waals surface area contributed by atoms with Crippen molar-refractivity contribution in [2.24, 2.45) is 0 Å². The van der Waals surface area contributed by atoms with Crippen LogP contribution in [0.5, 0.6) is 0 Å². The van der Waals surface area contributed by atoms with E-state index in [1.165, 1.54) is 22.3 Å². The normalized spacial score (nSPS) is 12.5. The molecule has 0 saturated heterocycles. The van der Waals surface area contributed by atoms with Crippen LogP contribution in [0.1, 0.15) is 17.0 Å². The molecule has 0 bridgehead atoms. The van der Waals surface area contributed by atoms with Crippen molar-refractivity contribution >= 4 is 23.5 Å². The number of alkyl carbamates (subject to hydrolysis) is 1. The van der Waals surface area contributed by atoms with Crippen molar-refractivity contribution in [1.82, 2.24) is 14.7 Å². The predicted octanol–water partition coefficient (Wildman–Crippen LogP) is 4.97. The molecule has 5 nitrogen and oxygen atoms in total. The smallest absolute Gasteiger partial charge is 0.407 e. The van der Waals surface area contributed by atoms with Gasteiger partial charge in [0.15, 0.2) is 0 Å². The summed E-state index contributed by atoms with van der Waals surface area (Å²) in [7, 11) is 0. The van der Waals surface area contributed by atoms with E-state index in [1.807, 2.05) is 53.1 Å². The number of hydrogen-bond acceptors (Lipinski definition) is 4. The van der Waals surface area contributed by atoms with Crippen LogP contribution < -0.4 is 5.32 Å². The van der Waals surface area contributed by atoms with Gasteiger partial charge in [-0.1, -0.05) is 54.6 Å². The third-order valence-electron chi connectivity index (χ3n) is 5.36. The van der Waals surface area contributed by atoms with E-state index in [0.717, 1.165) is 16.4 Å². The molecule has 0 atom stereocenters. The van der Waals surface area contributed by atoms with Crippen molar-refractivity contribution in [3.8, 4) is 11.1 Å². The van der Waals surface area contributed by atoms with Gasteiger partial charge in [-0.15, -0.1) is 11.8 Å². The van der Waals surface area contributed by atoms with Crippen LogP contribution in [0.3, 0.4) is 0 Å². The van der Waals surface area contributed by atoms with E-state index in [0.29, 0.717) is 13.2 Å². The molecule has 30 heavy (non-hydrogen) atoms. The van der Waals surface area contributed by atoms with Crippen LogP contribution in [0.2, 0.25) is 0 Å². The summed E-state index contributed by atoms with van der Waals surface area (Å²) in [5.74, 6) is 0.831. The number of aromatic nitrogens is 2. The molecule has 1 amide bonds. The summed E-state index contributed by atoms with van der Waals surface area (Å²) in [6.45, 7) is 0.869. The van der Waals surface area contributed by atoms with E-state index < -0.39 is 0 Å². The van der Waals surface area contributed by atoms with Gasteiger partial charge in [-0.2, -0.15) is 0 Å². The first-order chi connectivity index (χ1) is 14.8. The first-order valence-corrected chi connectivity index (χ1v) is 10.9. The maximum absolute atomic E-state index is 12.2. The Labute approximate surface area is 179 Å². The van der Waals surface area contributed by atoms with Crippen molar-refractivity contribution in [2.45, 2.75) is 10.9 Å². The number of nitrogens with zero attached hydrogens (tertiary/aromatic N) is 2. The van der Waals surface area contributed by atoms with Crippen LogP contribution >= 0.6 is 11.8 Å². The van der Waals surface area contributed by atoms with Gasteiger partial charge in [-0.3, -0.25) is 4.40 Å². The van der Waals surface area contributed by atoms with Crippen LogP contribution in [0.15, 0.2) is 84.1 Å². The number of imidazole rings is 1. The summed E-state index contributed by atoms with van der Waals surface area (Å²) < 4.78 is 7.61. The van der Waals surface area contributed by atoms with Gasteiger partial charge in [-0.05, 0) is 34.4 Å². The first kappa shape index (κ1) is 18.8. The lowest BCUT2D eigenvalue weighted by Crippen LogP contribution is -2.28. The molecular weight excluding hydrogens is 394 g/mol. The van der Waals surface area contributed by atoms with Crippen LogP contribution in [0.4, 0.5) is 4.79 Å². The van der Waals surface area contributed by atoms with Crippen molar-refractivity contribution in [3.63, 3.8) is 0 Å². The van der Waals surface area contributed by atoms with Gasteiger partial charge >= 0.3 is 6.09 Å². The molecule has 5 rings (SSSR count). The van der Waals surface area contributed by atoms with E-state index in [2.05, 4.69) is 34.6 Å². The lowest BCUT2D eigenvalue weighted by atomic mass is 9.98. The van der Waals surface area contributed by atoms with Crippen molar-refractivity contribution < 1.29 is 9.53 Å². The van der Waals surface area contributed by atoms with Gasteiger partial charge in [0.05, 0.1) is 5.03 Å². The standard InChI is InChI=1S/C24H21N3O2S/c28-24(26-13-15-30-23-11-5-10-22-25-12-14-27(22)23)29-16-21-19-8-3-1-6-17(19)18-7-2-4-9-20(18)21/h1-12,14,21H,13,15-16H2,(H,26,28). The van der Waals surface area contributed by atoms with Crippen LogP contribution in [0, 0.1) is 0 Å². The number of carbonyl (C=O) groups excluding carboxylic acids is 1. The van der Waals surface area contributed by atoms with Gasteiger partial charge in [0, 0.05) is 30.6 Å². The first-order valence-electron chi connectivity index (χ1n) is 9.95. The fraction of sp³-hybridized carbons (Fsp3) is 0.167. The molecule has 2 heterocycles. The highest BCUT2D eigenvalue weighted by atomic mass is 32.2. The average Bonchev–Trinajstić information content (AvgIpc) is 3.39. The summed E-state index contributed by atoms with van der Waals surface area (Å²) in [4.78, 5) is 16.5. The zero-order valence-corrected chi connectivity index (χ0v) is 17.1. The molecule has 1 N–H and O–H groups in total. The molecule has 0 fully saturated rings. The summed E-state index contributed by atoms with van der Waals surface area (Å²) in [6.07, 6.45) is 3.35. The second-order valence-electron chi connectivity index (χ2n) is 7.12. The highest BCUT2D eigenvalue weighted by Gasteiger charge is 2.28. The number of ether oxygens (including phenoxy) is 1. The fourth-order valence-electron chi connectivity index (χ4n) is 4.00.